The van der Waals surface area contributed by atoms with Crippen molar-refractivity contribution < 1.29 is 17.9 Å². The van der Waals surface area contributed by atoms with Gasteiger partial charge in [0.1, 0.15) is 12.4 Å². The standard InChI is InChI=1S/C30H30N2O4S/c1-22-16-17-27(18-23(22)2)32(37(3,34)35)20-25-12-9-13-26(19-25)30(33)31-28-14-7-8-15-29(28)36-21-24-10-5-4-6-11-24/h4-19H,20-21H2,1-3H3,(H,31,33). The van der Waals surface area contributed by atoms with E-state index in [9.17, 15) is 13.2 Å². The maximum atomic E-state index is 13.1. The number of nitrogens with zero attached hydrogens (tertiary/aromatic N) is 1. The van der Waals surface area contributed by atoms with Gasteiger partial charge in [0, 0.05) is 5.56 Å². The average molecular weight is 515 g/mol. The number of amides is 1. The molecule has 190 valence electrons. The predicted molar refractivity (Wildman–Crippen MR) is 149 cm³/mol. The first kappa shape index (κ1) is 26.0. The highest BCUT2D eigenvalue weighted by molar-refractivity contribution is 7.92. The molecule has 0 radical (unpaired) electrons. The number of carbonyl (C=O) groups is 1. The Hall–Kier alpha value is -4.10. The maximum Gasteiger partial charge on any atom is 0.255 e. The molecule has 0 saturated heterocycles. The van der Waals surface area contributed by atoms with Crippen molar-refractivity contribution in [3.05, 3.63) is 125 Å². The fourth-order valence-corrected chi connectivity index (χ4v) is 4.76. The van der Waals surface area contributed by atoms with Crippen molar-refractivity contribution in [2.24, 2.45) is 0 Å². The van der Waals surface area contributed by atoms with E-state index in [0.29, 0.717) is 34.9 Å². The van der Waals surface area contributed by atoms with Gasteiger partial charge in [-0.3, -0.25) is 9.10 Å². The molecule has 0 bridgehead atoms. The van der Waals surface area contributed by atoms with E-state index < -0.39 is 10.0 Å². The van der Waals surface area contributed by atoms with Gasteiger partial charge >= 0.3 is 0 Å². The highest BCUT2D eigenvalue weighted by Crippen LogP contribution is 2.27. The number of para-hydroxylation sites is 2. The third-order valence-electron chi connectivity index (χ3n) is 6.07. The van der Waals surface area contributed by atoms with Crippen molar-refractivity contribution in [3.8, 4) is 5.75 Å². The normalized spacial score (nSPS) is 11.1. The lowest BCUT2D eigenvalue weighted by atomic mass is 10.1. The van der Waals surface area contributed by atoms with Crippen LogP contribution in [0, 0.1) is 13.8 Å². The molecule has 37 heavy (non-hydrogen) atoms. The highest BCUT2D eigenvalue weighted by Gasteiger charge is 2.19. The summed E-state index contributed by atoms with van der Waals surface area (Å²) >= 11 is 0. The molecule has 0 aliphatic rings. The maximum absolute atomic E-state index is 13.1. The number of rotatable bonds is 9. The van der Waals surface area contributed by atoms with Crippen LogP contribution >= 0.6 is 0 Å². The van der Waals surface area contributed by atoms with Crippen LogP contribution in [0.2, 0.25) is 0 Å². The first-order chi connectivity index (χ1) is 17.7. The SMILES string of the molecule is Cc1ccc(N(Cc2cccc(C(=O)Nc3ccccc3OCc3ccccc3)c2)S(C)(=O)=O)cc1C. The molecule has 0 aliphatic heterocycles. The fourth-order valence-electron chi connectivity index (χ4n) is 3.88. The highest BCUT2D eigenvalue weighted by atomic mass is 32.2. The molecular formula is C30H30N2O4S. The Morgan fingerprint density at radius 2 is 1.51 bits per heavy atom. The molecule has 0 unspecified atom stereocenters. The minimum Gasteiger partial charge on any atom is -0.487 e. The van der Waals surface area contributed by atoms with E-state index in [-0.39, 0.29) is 12.5 Å². The molecule has 0 aliphatic carbocycles. The number of carbonyl (C=O) groups excluding carboxylic acids is 1. The number of hydrogen-bond acceptors (Lipinski definition) is 4. The van der Waals surface area contributed by atoms with Gasteiger partial charge in [0.2, 0.25) is 10.0 Å². The first-order valence-electron chi connectivity index (χ1n) is 11.9. The van der Waals surface area contributed by atoms with Crippen molar-refractivity contribution in [2.45, 2.75) is 27.0 Å². The zero-order valence-electron chi connectivity index (χ0n) is 21.1. The minimum absolute atomic E-state index is 0.110. The van der Waals surface area contributed by atoms with Crippen LogP contribution in [0.5, 0.6) is 5.75 Å². The molecule has 0 aromatic heterocycles. The molecule has 0 saturated carbocycles. The number of sulfonamides is 1. The third kappa shape index (κ3) is 6.77. The molecule has 0 heterocycles. The van der Waals surface area contributed by atoms with Crippen LogP contribution in [0.1, 0.15) is 32.6 Å². The van der Waals surface area contributed by atoms with Crippen molar-refractivity contribution in [3.63, 3.8) is 0 Å². The summed E-state index contributed by atoms with van der Waals surface area (Å²) in [7, 11) is -3.55. The minimum atomic E-state index is -3.55. The largest absolute Gasteiger partial charge is 0.487 e. The Morgan fingerprint density at radius 1 is 0.811 bits per heavy atom. The average Bonchev–Trinajstić information content (AvgIpc) is 2.88. The van der Waals surface area contributed by atoms with Crippen LogP contribution in [-0.2, 0) is 23.2 Å². The lowest BCUT2D eigenvalue weighted by Gasteiger charge is -2.23. The monoisotopic (exact) mass is 514 g/mol. The predicted octanol–water partition coefficient (Wildman–Crippen LogP) is 6.10. The second kappa shape index (κ2) is 11.3. The topological polar surface area (TPSA) is 75.7 Å². The quantitative estimate of drug-likeness (QED) is 0.293. The van der Waals surface area contributed by atoms with E-state index >= 15 is 0 Å². The number of ether oxygens (including phenoxy) is 1. The summed E-state index contributed by atoms with van der Waals surface area (Å²) in [5.41, 5.74) is 5.38. The number of aryl methyl sites for hydroxylation is 2. The molecule has 4 aromatic rings. The van der Waals surface area contributed by atoms with Gasteiger partial charge in [-0.25, -0.2) is 8.42 Å². The summed E-state index contributed by atoms with van der Waals surface area (Å²) in [6.07, 6.45) is 1.19. The second-order valence-electron chi connectivity index (χ2n) is 8.96. The molecule has 0 spiro atoms. The Bertz CT molecular complexity index is 1500. The van der Waals surface area contributed by atoms with Gasteiger partial charge in [-0.15, -0.1) is 0 Å². The Kier molecular flexibility index (Phi) is 7.94. The molecule has 6 nitrogen and oxygen atoms in total. The van der Waals surface area contributed by atoms with Gasteiger partial charge in [0.05, 0.1) is 24.2 Å². The zero-order chi connectivity index (χ0) is 26.4. The van der Waals surface area contributed by atoms with E-state index in [1.54, 1.807) is 30.3 Å². The summed E-state index contributed by atoms with van der Waals surface area (Å²) < 4.78 is 32.6. The lowest BCUT2D eigenvalue weighted by molar-refractivity contribution is 0.102. The van der Waals surface area contributed by atoms with Gasteiger partial charge in [0.15, 0.2) is 0 Å². The number of benzene rings is 4. The van der Waals surface area contributed by atoms with Crippen LogP contribution in [-0.4, -0.2) is 20.6 Å². The lowest BCUT2D eigenvalue weighted by Crippen LogP contribution is -2.29. The van der Waals surface area contributed by atoms with Crippen LogP contribution in [0.25, 0.3) is 0 Å². The smallest absolute Gasteiger partial charge is 0.255 e. The molecular weight excluding hydrogens is 484 g/mol. The number of nitrogens with one attached hydrogen (secondary N) is 1. The molecule has 4 aromatic carbocycles. The number of anilines is 2. The summed E-state index contributed by atoms with van der Waals surface area (Å²) in [4.78, 5) is 13.1. The first-order valence-corrected chi connectivity index (χ1v) is 13.8. The third-order valence-corrected chi connectivity index (χ3v) is 7.21. The molecule has 0 fully saturated rings. The molecule has 4 rings (SSSR count). The van der Waals surface area contributed by atoms with Crippen LogP contribution in [0.15, 0.2) is 97.1 Å². The zero-order valence-corrected chi connectivity index (χ0v) is 22.0. The van der Waals surface area contributed by atoms with E-state index in [1.807, 2.05) is 80.6 Å². The Morgan fingerprint density at radius 3 is 2.24 bits per heavy atom. The summed E-state index contributed by atoms with van der Waals surface area (Å²) in [5, 5.41) is 2.92. The Labute approximate surface area is 218 Å². The van der Waals surface area contributed by atoms with Crippen LogP contribution in [0.4, 0.5) is 11.4 Å². The molecule has 0 atom stereocenters. The van der Waals surface area contributed by atoms with Crippen LogP contribution < -0.4 is 14.4 Å². The van der Waals surface area contributed by atoms with Gasteiger partial charge in [-0.1, -0.05) is 60.7 Å². The van der Waals surface area contributed by atoms with Gasteiger partial charge in [-0.05, 0) is 72.5 Å². The van der Waals surface area contributed by atoms with E-state index in [1.165, 1.54) is 10.6 Å². The summed E-state index contributed by atoms with van der Waals surface area (Å²) in [6.45, 7) is 4.42. The van der Waals surface area contributed by atoms with Gasteiger partial charge in [0.25, 0.3) is 5.91 Å². The van der Waals surface area contributed by atoms with E-state index in [4.69, 9.17) is 4.74 Å². The molecule has 1 N–H and O–H groups in total. The summed E-state index contributed by atoms with van der Waals surface area (Å²) in [5.74, 6) is 0.253. The van der Waals surface area contributed by atoms with Crippen LogP contribution in [0.3, 0.4) is 0 Å². The van der Waals surface area contributed by atoms with Crippen molar-refractivity contribution in [1.82, 2.24) is 0 Å². The van der Waals surface area contributed by atoms with E-state index in [2.05, 4.69) is 5.32 Å². The van der Waals surface area contributed by atoms with Gasteiger partial charge < -0.3 is 10.1 Å². The van der Waals surface area contributed by atoms with Crippen molar-refractivity contribution in [1.29, 1.82) is 0 Å². The van der Waals surface area contributed by atoms with Gasteiger partial charge in [-0.2, -0.15) is 0 Å². The summed E-state index contributed by atoms with van der Waals surface area (Å²) in [6, 6.07) is 29.6. The molecule has 7 heteroatoms. The van der Waals surface area contributed by atoms with Crippen molar-refractivity contribution in [2.75, 3.05) is 15.9 Å². The van der Waals surface area contributed by atoms with Crippen molar-refractivity contribution >= 4 is 27.3 Å². The fraction of sp³-hybridized carbons (Fsp3) is 0.167. The molecule has 1 amide bonds. The van der Waals surface area contributed by atoms with E-state index in [0.717, 1.165) is 16.7 Å². The Balaban J connectivity index is 1.52. The number of hydrogen-bond donors (Lipinski definition) is 1. The second-order valence-corrected chi connectivity index (χ2v) is 10.9.